The molecule has 0 saturated heterocycles. The van der Waals surface area contributed by atoms with Crippen molar-refractivity contribution < 1.29 is 5.11 Å². The van der Waals surface area contributed by atoms with Crippen molar-refractivity contribution in [3.8, 4) is 0 Å². The highest BCUT2D eigenvalue weighted by molar-refractivity contribution is 4.97. The van der Waals surface area contributed by atoms with Crippen LogP contribution < -0.4 is 0 Å². The lowest BCUT2D eigenvalue weighted by Crippen LogP contribution is -1.81. The van der Waals surface area contributed by atoms with Crippen LogP contribution in [-0.4, -0.2) is 11.7 Å². The molecule has 16 heavy (non-hydrogen) atoms. The number of unbranched alkanes of at least 4 members (excludes halogenated alkanes) is 6. The molecule has 0 heterocycles. The maximum Gasteiger partial charge on any atom is 0.0471 e. The second kappa shape index (κ2) is 12.5. The summed E-state index contributed by atoms with van der Waals surface area (Å²) < 4.78 is 0. The predicted octanol–water partition coefficient (Wildman–Crippen LogP) is 4.61. The van der Waals surface area contributed by atoms with E-state index in [-0.39, 0.29) is 6.61 Å². The Morgan fingerprint density at radius 1 is 1.06 bits per heavy atom. The molecular formula is C15H28O. The van der Waals surface area contributed by atoms with Gasteiger partial charge in [0.05, 0.1) is 0 Å². The normalized spacial score (nSPS) is 9.94. The Balaban J connectivity index is 3.33. The van der Waals surface area contributed by atoms with Crippen molar-refractivity contribution in [3.63, 3.8) is 0 Å². The van der Waals surface area contributed by atoms with Crippen molar-refractivity contribution in [2.75, 3.05) is 6.61 Å². The first kappa shape index (κ1) is 15.5. The van der Waals surface area contributed by atoms with Crippen LogP contribution in [0.4, 0.5) is 0 Å². The summed E-state index contributed by atoms with van der Waals surface area (Å²) in [7, 11) is 0. The highest BCUT2D eigenvalue weighted by atomic mass is 16.2. The van der Waals surface area contributed by atoms with Gasteiger partial charge in [0, 0.05) is 6.61 Å². The molecule has 0 bridgehead atoms. The van der Waals surface area contributed by atoms with Gasteiger partial charge in [0.15, 0.2) is 0 Å². The van der Waals surface area contributed by atoms with Crippen LogP contribution in [0.25, 0.3) is 0 Å². The van der Waals surface area contributed by atoms with E-state index in [0.29, 0.717) is 0 Å². The molecule has 0 fully saturated rings. The zero-order valence-electron chi connectivity index (χ0n) is 11.1. The molecule has 0 aliphatic rings. The number of hydrogen-bond donors (Lipinski definition) is 1. The van der Waals surface area contributed by atoms with E-state index in [4.69, 9.17) is 5.11 Å². The van der Waals surface area contributed by atoms with Gasteiger partial charge in [-0.25, -0.2) is 0 Å². The van der Waals surface area contributed by atoms with Crippen molar-refractivity contribution >= 4 is 0 Å². The van der Waals surface area contributed by atoms with Gasteiger partial charge < -0.3 is 5.11 Å². The zero-order chi connectivity index (χ0) is 12.1. The second-order valence-electron chi connectivity index (χ2n) is 4.51. The Bertz CT molecular complexity index is 199. The molecule has 0 unspecified atom stereocenters. The van der Waals surface area contributed by atoms with Gasteiger partial charge in [-0.15, -0.1) is 5.73 Å². The van der Waals surface area contributed by atoms with Crippen molar-refractivity contribution in [2.24, 2.45) is 0 Å². The number of aliphatic hydroxyl groups is 1. The fourth-order valence-electron chi connectivity index (χ4n) is 1.73. The topological polar surface area (TPSA) is 20.2 Å². The standard InChI is InChI=1S/C15H28O/c1-3-4-5-6-7-8-9-12-15(2)13-10-11-14-16/h10,16H,3-9,11-12,14H2,1-2H3. The van der Waals surface area contributed by atoms with E-state index in [1.54, 1.807) is 0 Å². The summed E-state index contributed by atoms with van der Waals surface area (Å²) in [5.74, 6) is 0. The van der Waals surface area contributed by atoms with Crippen LogP contribution in [0.5, 0.6) is 0 Å². The maximum atomic E-state index is 8.62. The molecule has 0 rings (SSSR count). The first-order valence-corrected chi connectivity index (χ1v) is 6.82. The van der Waals surface area contributed by atoms with Crippen molar-refractivity contribution in [1.82, 2.24) is 0 Å². The fourth-order valence-corrected chi connectivity index (χ4v) is 1.73. The lowest BCUT2D eigenvalue weighted by molar-refractivity contribution is 0.302. The van der Waals surface area contributed by atoms with Gasteiger partial charge in [-0.05, 0) is 37.8 Å². The Labute approximate surface area is 101 Å². The third-order valence-electron chi connectivity index (χ3n) is 2.78. The third-order valence-corrected chi connectivity index (χ3v) is 2.78. The molecule has 0 aliphatic carbocycles. The summed E-state index contributed by atoms with van der Waals surface area (Å²) in [5, 5.41) is 8.62. The Kier molecular flexibility index (Phi) is 12.1. The molecule has 1 heteroatoms. The Morgan fingerprint density at radius 2 is 1.69 bits per heavy atom. The summed E-state index contributed by atoms with van der Waals surface area (Å²) in [6, 6.07) is 0. The molecule has 0 aromatic carbocycles. The van der Waals surface area contributed by atoms with Gasteiger partial charge in [0.2, 0.25) is 0 Å². The monoisotopic (exact) mass is 224 g/mol. The fraction of sp³-hybridized carbons (Fsp3) is 0.800. The van der Waals surface area contributed by atoms with Crippen LogP contribution in [0.1, 0.15) is 71.6 Å². The van der Waals surface area contributed by atoms with E-state index in [1.807, 2.05) is 6.08 Å². The van der Waals surface area contributed by atoms with E-state index in [0.717, 1.165) is 12.8 Å². The number of rotatable bonds is 10. The highest BCUT2D eigenvalue weighted by Gasteiger charge is 1.92. The van der Waals surface area contributed by atoms with Gasteiger partial charge in [0.25, 0.3) is 0 Å². The molecule has 0 atom stereocenters. The van der Waals surface area contributed by atoms with Crippen LogP contribution in [0.2, 0.25) is 0 Å². The van der Waals surface area contributed by atoms with Crippen molar-refractivity contribution in [3.05, 3.63) is 17.4 Å². The largest absolute Gasteiger partial charge is 0.396 e. The second-order valence-corrected chi connectivity index (χ2v) is 4.51. The van der Waals surface area contributed by atoms with Crippen molar-refractivity contribution in [2.45, 2.75) is 71.6 Å². The summed E-state index contributed by atoms with van der Waals surface area (Å²) in [5.41, 5.74) is 4.55. The quantitative estimate of drug-likeness (QED) is 0.424. The van der Waals surface area contributed by atoms with Crippen LogP contribution in [0.3, 0.4) is 0 Å². The summed E-state index contributed by atoms with van der Waals surface area (Å²) in [6.45, 7) is 4.62. The molecule has 1 N–H and O–H groups in total. The van der Waals surface area contributed by atoms with Crippen LogP contribution in [-0.2, 0) is 0 Å². The molecule has 0 radical (unpaired) electrons. The summed E-state index contributed by atoms with van der Waals surface area (Å²) in [4.78, 5) is 0. The molecule has 0 amide bonds. The minimum atomic E-state index is 0.234. The average Bonchev–Trinajstić information content (AvgIpc) is 2.28. The predicted molar refractivity (Wildman–Crippen MR) is 71.6 cm³/mol. The van der Waals surface area contributed by atoms with Gasteiger partial charge >= 0.3 is 0 Å². The van der Waals surface area contributed by atoms with Crippen molar-refractivity contribution in [1.29, 1.82) is 0 Å². The van der Waals surface area contributed by atoms with Gasteiger partial charge in [-0.3, -0.25) is 0 Å². The highest BCUT2D eigenvalue weighted by Crippen LogP contribution is 2.11. The molecule has 0 spiro atoms. The van der Waals surface area contributed by atoms with E-state index in [1.165, 1.54) is 50.5 Å². The lowest BCUT2D eigenvalue weighted by Gasteiger charge is -2.00. The van der Waals surface area contributed by atoms with Gasteiger partial charge in [-0.1, -0.05) is 45.4 Å². The van der Waals surface area contributed by atoms with E-state index in [2.05, 4.69) is 19.6 Å². The van der Waals surface area contributed by atoms with Crippen LogP contribution in [0.15, 0.2) is 17.4 Å². The average molecular weight is 224 g/mol. The molecule has 0 aliphatic heterocycles. The SMILES string of the molecule is CCCCCCCCCC(C)=C=CCCO. The molecule has 0 aromatic rings. The molecule has 94 valence electrons. The summed E-state index contributed by atoms with van der Waals surface area (Å²) >= 11 is 0. The van der Waals surface area contributed by atoms with E-state index in [9.17, 15) is 0 Å². The van der Waals surface area contributed by atoms with Crippen LogP contribution in [0, 0.1) is 0 Å². The summed E-state index contributed by atoms with van der Waals surface area (Å²) in [6.07, 6.45) is 13.4. The minimum absolute atomic E-state index is 0.234. The molecular weight excluding hydrogens is 196 g/mol. The first-order chi connectivity index (χ1) is 7.81. The molecule has 0 saturated carbocycles. The van der Waals surface area contributed by atoms with Gasteiger partial charge in [0.1, 0.15) is 0 Å². The Hall–Kier alpha value is -0.520. The lowest BCUT2D eigenvalue weighted by atomic mass is 10.1. The minimum Gasteiger partial charge on any atom is -0.396 e. The molecule has 0 aromatic heterocycles. The first-order valence-electron chi connectivity index (χ1n) is 6.82. The number of hydrogen-bond acceptors (Lipinski definition) is 1. The molecule has 1 nitrogen and oxygen atoms in total. The third kappa shape index (κ3) is 11.6. The zero-order valence-corrected chi connectivity index (χ0v) is 11.1. The number of aliphatic hydroxyl groups excluding tert-OH is 1. The van der Waals surface area contributed by atoms with Crippen LogP contribution >= 0.6 is 0 Å². The van der Waals surface area contributed by atoms with E-state index < -0.39 is 0 Å². The van der Waals surface area contributed by atoms with E-state index >= 15 is 0 Å². The maximum absolute atomic E-state index is 8.62. The smallest absolute Gasteiger partial charge is 0.0471 e. The Morgan fingerprint density at radius 3 is 2.31 bits per heavy atom. The van der Waals surface area contributed by atoms with Gasteiger partial charge in [-0.2, -0.15) is 0 Å².